The molecule has 0 saturated carbocycles. The van der Waals surface area contributed by atoms with E-state index in [-0.39, 0.29) is 23.2 Å². The number of ether oxygens (including phenoxy) is 3. The lowest BCUT2D eigenvalue weighted by Gasteiger charge is -2.46. The third-order valence-corrected chi connectivity index (χ3v) is 11.1. The standard InChI is InChI=1S/C27H36O5Si/c1-26(2,3)33(21-14-9-7-10-15-21,22-16-11-8-12-17-22)32-23(18-13-19-25(28)29-6)24-20-30-27(4,5)31-24/h7-17,19,23-24H,18,20H2,1-6H3/b19-13-/t23-,24?/m0/s1. The fraction of sp³-hybridized carbons (Fsp3) is 0.444. The van der Waals surface area contributed by atoms with Crippen LogP contribution in [0.3, 0.4) is 0 Å². The second-order valence-corrected chi connectivity index (χ2v) is 14.1. The molecule has 0 radical (unpaired) electrons. The van der Waals surface area contributed by atoms with Gasteiger partial charge in [0.2, 0.25) is 0 Å². The molecule has 1 heterocycles. The molecule has 1 aliphatic rings. The average molecular weight is 469 g/mol. The molecule has 0 spiro atoms. The summed E-state index contributed by atoms with van der Waals surface area (Å²) in [5.74, 6) is -1.06. The normalized spacial score (nSPS) is 19.5. The van der Waals surface area contributed by atoms with Gasteiger partial charge in [-0.15, -0.1) is 0 Å². The lowest BCUT2D eigenvalue weighted by atomic mass is 10.1. The maximum Gasteiger partial charge on any atom is 0.330 e. The number of carbonyl (C=O) groups is 1. The van der Waals surface area contributed by atoms with Crippen LogP contribution >= 0.6 is 0 Å². The van der Waals surface area contributed by atoms with E-state index in [9.17, 15) is 4.79 Å². The monoisotopic (exact) mass is 468 g/mol. The maximum atomic E-state index is 11.7. The van der Waals surface area contributed by atoms with Gasteiger partial charge >= 0.3 is 5.97 Å². The number of rotatable bonds is 8. The lowest BCUT2D eigenvalue weighted by molar-refractivity contribution is -0.149. The van der Waals surface area contributed by atoms with Gasteiger partial charge in [0.1, 0.15) is 6.10 Å². The van der Waals surface area contributed by atoms with E-state index in [2.05, 4.69) is 69.3 Å². The highest BCUT2D eigenvalue weighted by atomic mass is 28.4. The Labute approximate surface area is 198 Å². The molecular formula is C27H36O5Si. The number of hydrogen-bond donors (Lipinski definition) is 0. The number of esters is 1. The van der Waals surface area contributed by atoms with E-state index in [1.165, 1.54) is 23.6 Å². The summed E-state index contributed by atoms with van der Waals surface area (Å²) in [6.45, 7) is 11.0. The topological polar surface area (TPSA) is 54.0 Å². The molecule has 1 unspecified atom stereocenters. The molecule has 0 N–H and O–H groups in total. The zero-order chi connectivity index (χ0) is 24.1. The van der Waals surface area contributed by atoms with Gasteiger partial charge in [0.05, 0.1) is 19.8 Å². The van der Waals surface area contributed by atoms with Gasteiger partial charge in [-0.25, -0.2) is 4.79 Å². The molecule has 1 saturated heterocycles. The zero-order valence-electron chi connectivity index (χ0n) is 20.5. The minimum atomic E-state index is -2.80. The van der Waals surface area contributed by atoms with Gasteiger partial charge in [0, 0.05) is 6.08 Å². The van der Waals surface area contributed by atoms with Gasteiger partial charge in [-0.05, 0) is 35.7 Å². The van der Waals surface area contributed by atoms with E-state index < -0.39 is 14.1 Å². The van der Waals surface area contributed by atoms with Crippen molar-refractivity contribution in [3.63, 3.8) is 0 Å². The molecule has 33 heavy (non-hydrogen) atoms. The van der Waals surface area contributed by atoms with Crippen molar-refractivity contribution in [2.75, 3.05) is 13.7 Å². The molecule has 5 nitrogen and oxygen atoms in total. The molecule has 178 valence electrons. The fourth-order valence-electron chi connectivity index (χ4n) is 4.46. The SMILES string of the molecule is COC(=O)/C=C\C[C@H](O[Si](c1ccccc1)(c1ccccc1)C(C)(C)C)C1COC(C)(C)O1. The predicted molar refractivity (Wildman–Crippen MR) is 133 cm³/mol. The van der Waals surface area contributed by atoms with E-state index in [0.717, 1.165) is 0 Å². The summed E-state index contributed by atoms with van der Waals surface area (Å²) in [5, 5.41) is 2.22. The Morgan fingerprint density at radius 1 is 1.09 bits per heavy atom. The first-order chi connectivity index (χ1) is 15.6. The van der Waals surface area contributed by atoms with Gasteiger partial charge in [-0.2, -0.15) is 0 Å². The fourth-order valence-corrected chi connectivity index (χ4v) is 9.18. The van der Waals surface area contributed by atoms with E-state index in [1.54, 1.807) is 0 Å². The Morgan fingerprint density at radius 3 is 2.06 bits per heavy atom. The highest BCUT2D eigenvalue weighted by molar-refractivity contribution is 6.99. The first-order valence-electron chi connectivity index (χ1n) is 11.4. The number of carbonyl (C=O) groups excluding carboxylic acids is 1. The summed E-state index contributed by atoms with van der Waals surface area (Å²) in [6.07, 6.45) is 3.19. The largest absolute Gasteiger partial charge is 0.466 e. The van der Waals surface area contributed by atoms with Crippen LogP contribution in [0.2, 0.25) is 5.04 Å². The highest BCUT2D eigenvalue weighted by Gasteiger charge is 2.53. The summed E-state index contributed by atoms with van der Waals surface area (Å²) in [5.41, 5.74) is 0. The Balaban J connectivity index is 2.10. The smallest absolute Gasteiger partial charge is 0.330 e. The van der Waals surface area contributed by atoms with Gasteiger partial charge in [-0.3, -0.25) is 0 Å². The van der Waals surface area contributed by atoms with Crippen molar-refractivity contribution in [2.45, 2.75) is 64.1 Å². The Bertz CT molecular complexity index is 894. The van der Waals surface area contributed by atoms with Crippen molar-refractivity contribution in [1.82, 2.24) is 0 Å². The molecule has 2 aromatic carbocycles. The minimum Gasteiger partial charge on any atom is -0.466 e. The Morgan fingerprint density at radius 2 is 1.64 bits per heavy atom. The van der Waals surface area contributed by atoms with Gasteiger partial charge < -0.3 is 18.6 Å². The van der Waals surface area contributed by atoms with Crippen LogP contribution < -0.4 is 10.4 Å². The van der Waals surface area contributed by atoms with Crippen LogP contribution in [0.25, 0.3) is 0 Å². The van der Waals surface area contributed by atoms with Crippen molar-refractivity contribution < 1.29 is 23.4 Å². The first-order valence-corrected chi connectivity index (χ1v) is 13.3. The maximum absolute atomic E-state index is 11.7. The van der Waals surface area contributed by atoms with Crippen LogP contribution in [0.4, 0.5) is 0 Å². The first kappa shape index (κ1) is 25.4. The van der Waals surface area contributed by atoms with Crippen molar-refractivity contribution in [3.05, 3.63) is 72.8 Å². The zero-order valence-corrected chi connectivity index (χ0v) is 21.5. The third kappa shape index (κ3) is 5.82. The molecule has 1 fully saturated rings. The van der Waals surface area contributed by atoms with E-state index >= 15 is 0 Å². The van der Waals surface area contributed by atoms with Gasteiger partial charge in [0.25, 0.3) is 8.32 Å². The second-order valence-electron chi connectivity index (χ2n) is 9.85. The van der Waals surface area contributed by atoms with Crippen LogP contribution in [-0.4, -0.2) is 46.0 Å². The molecule has 2 aromatic rings. The lowest BCUT2D eigenvalue weighted by Crippen LogP contribution is -2.68. The van der Waals surface area contributed by atoms with Crippen LogP contribution in [0.5, 0.6) is 0 Å². The molecule has 1 aliphatic heterocycles. The van der Waals surface area contributed by atoms with E-state index in [4.69, 9.17) is 18.6 Å². The number of methoxy groups -OCH3 is 1. The molecule has 3 rings (SSSR count). The van der Waals surface area contributed by atoms with E-state index in [0.29, 0.717) is 13.0 Å². The minimum absolute atomic E-state index is 0.172. The molecule has 0 bridgehead atoms. The third-order valence-electron chi connectivity index (χ3n) is 6.01. The molecule has 0 aliphatic carbocycles. The Kier molecular flexibility index (Phi) is 7.95. The average Bonchev–Trinajstić information content (AvgIpc) is 3.15. The van der Waals surface area contributed by atoms with Crippen LogP contribution in [-0.2, 0) is 23.4 Å². The van der Waals surface area contributed by atoms with Crippen molar-refractivity contribution in [3.8, 4) is 0 Å². The highest BCUT2D eigenvalue weighted by Crippen LogP contribution is 2.39. The van der Waals surface area contributed by atoms with Crippen molar-refractivity contribution >= 4 is 24.7 Å². The molecule has 2 atom stereocenters. The van der Waals surface area contributed by atoms with Gasteiger partial charge in [0.15, 0.2) is 5.79 Å². The number of benzene rings is 2. The van der Waals surface area contributed by atoms with Crippen molar-refractivity contribution in [1.29, 1.82) is 0 Å². The van der Waals surface area contributed by atoms with Crippen molar-refractivity contribution in [2.24, 2.45) is 0 Å². The summed E-state index contributed by atoms with van der Waals surface area (Å²) in [6, 6.07) is 21.0. The second kappa shape index (κ2) is 10.3. The molecule has 0 aromatic heterocycles. The van der Waals surface area contributed by atoms with Crippen LogP contribution in [0.1, 0.15) is 41.0 Å². The number of hydrogen-bond acceptors (Lipinski definition) is 5. The van der Waals surface area contributed by atoms with Crippen LogP contribution in [0.15, 0.2) is 72.8 Å². The predicted octanol–water partition coefficient (Wildman–Crippen LogP) is 4.20. The Hall–Kier alpha value is -2.25. The van der Waals surface area contributed by atoms with E-state index in [1.807, 2.05) is 32.1 Å². The summed E-state index contributed by atoms with van der Waals surface area (Å²) in [4.78, 5) is 11.7. The summed E-state index contributed by atoms with van der Waals surface area (Å²) >= 11 is 0. The molecular weight excluding hydrogens is 432 g/mol. The van der Waals surface area contributed by atoms with Gasteiger partial charge in [-0.1, -0.05) is 87.5 Å². The summed E-state index contributed by atoms with van der Waals surface area (Å²) in [7, 11) is -1.42. The van der Waals surface area contributed by atoms with Crippen LogP contribution in [0, 0.1) is 0 Å². The molecule has 6 heteroatoms. The quantitative estimate of drug-likeness (QED) is 0.330. The molecule has 0 amide bonds. The summed E-state index contributed by atoms with van der Waals surface area (Å²) < 4.78 is 24.2.